The number of aromatic nitrogens is 3. The van der Waals surface area contributed by atoms with Gasteiger partial charge in [-0.2, -0.15) is 0 Å². The Hall–Kier alpha value is -0.900. The van der Waals surface area contributed by atoms with Gasteiger partial charge in [0.1, 0.15) is 12.2 Å². The van der Waals surface area contributed by atoms with Crippen LogP contribution >= 0.6 is 0 Å². The highest BCUT2D eigenvalue weighted by atomic mass is 15.3. The van der Waals surface area contributed by atoms with E-state index in [1.54, 1.807) is 6.33 Å². The Kier molecular flexibility index (Phi) is 1.20. The van der Waals surface area contributed by atoms with Crippen molar-refractivity contribution in [2.75, 3.05) is 6.54 Å². The van der Waals surface area contributed by atoms with E-state index in [4.69, 9.17) is 5.73 Å². The first-order chi connectivity index (χ1) is 4.92. The molecule has 0 radical (unpaired) electrons. The van der Waals surface area contributed by atoms with Gasteiger partial charge in [0.25, 0.3) is 0 Å². The van der Waals surface area contributed by atoms with Crippen LogP contribution in [0.3, 0.4) is 0 Å². The van der Waals surface area contributed by atoms with Gasteiger partial charge in [-0.1, -0.05) is 0 Å². The van der Waals surface area contributed by atoms with Gasteiger partial charge in [-0.05, 0) is 6.42 Å². The van der Waals surface area contributed by atoms with Crippen molar-refractivity contribution in [1.29, 1.82) is 0 Å². The third kappa shape index (κ3) is 0.654. The zero-order valence-electron chi connectivity index (χ0n) is 5.70. The molecule has 0 aliphatic carbocycles. The number of hydrogen-bond donors (Lipinski definition) is 1. The molecule has 0 amide bonds. The molecular weight excluding hydrogens is 128 g/mol. The Labute approximate surface area is 59.1 Å². The van der Waals surface area contributed by atoms with Crippen LogP contribution in [0.2, 0.25) is 0 Å². The Morgan fingerprint density at radius 1 is 1.80 bits per heavy atom. The van der Waals surface area contributed by atoms with E-state index in [-0.39, 0.29) is 0 Å². The van der Waals surface area contributed by atoms with Gasteiger partial charge in [0.05, 0.1) is 0 Å². The predicted octanol–water partition coefficient (Wildman–Crippen LogP) is -0.276. The van der Waals surface area contributed by atoms with Crippen LogP contribution in [0, 0.1) is 0 Å². The summed E-state index contributed by atoms with van der Waals surface area (Å²) in [4.78, 5) is 0. The number of nitrogens with zero attached hydrogens (tertiary/aromatic N) is 3. The average Bonchev–Trinajstić information content (AvgIpc) is 2.44. The van der Waals surface area contributed by atoms with E-state index in [9.17, 15) is 0 Å². The summed E-state index contributed by atoms with van der Waals surface area (Å²) in [5.74, 6) is 1.50. The first kappa shape index (κ1) is 5.85. The van der Waals surface area contributed by atoms with Crippen molar-refractivity contribution in [2.45, 2.75) is 18.9 Å². The Bertz CT molecular complexity index is 229. The molecule has 4 nitrogen and oxygen atoms in total. The number of rotatable bonds is 1. The van der Waals surface area contributed by atoms with E-state index in [0.717, 1.165) is 18.8 Å². The maximum atomic E-state index is 5.53. The Morgan fingerprint density at radius 2 is 2.70 bits per heavy atom. The third-order valence-electron chi connectivity index (χ3n) is 2.01. The standard InChI is InChI=1S/C6H10N4/c7-3-5-1-2-10-4-8-9-6(5)10/h4-5H,1-3,7H2/t5-/m1/s1. The smallest absolute Gasteiger partial charge is 0.137 e. The molecule has 10 heavy (non-hydrogen) atoms. The van der Waals surface area contributed by atoms with Crippen molar-refractivity contribution in [2.24, 2.45) is 5.73 Å². The molecule has 2 N–H and O–H groups in total. The molecule has 1 aromatic heterocycles. The summed E-state index contributed by atoms with van der Waals surface area (Å²) >= 11 is 0. The van der Waals surface area contributed by atoms with Crippen LogP contribution < -0.4 is 5.73 Å². The largest absolute Gasteiger partial charge is 0.330 e. The van der Waals surface area contributed by atoms with Crippen LogP contribution in [-0.2, 0) is 6.54 Å². The molecule has 4 heteroatoms. The molecule has 1 aliphatic heterocycles. The van der Waals surface area contributed by atoms with Gasteiger partial charge in [-0.3, -0.25) is 0 Å². The lowest BCUT2D eigenvalue weighted by atomic mass is 10.1. The summed E-state index contributed by atoms with van der Waals surface area (Å²) in [7, 11) is 0. The van der Waals surface area contributed by atoms with E-state index < -0.39 is 0 Å². The van der Waals surface area contributed by atoms with Crippen LogP contribution in [0.25, 0.3) is 0 Å². The van der Waals surface area contributed by atoms with Crippen molar-refractivity contribution in [3.63, 3.8) is 0 Å². The molecule has 2 rings (SSSR count). The van der Waals surface area contributed by atoms with Crippen molar-refractivity contribution >= 4 is 0 Å². The molecule has 0 spiro atoms. The minimum Gasteiger partial charge on any atom is -0.330 e. The van der Waals surface area contributed by atoms with E-state index in [1.807, 2.05) is 0 Å². The molecule has 1 aromatic rings. The van der Waals surface area contributed by atoms with Crippen molar-refractivity contribution < 1.29 is 0 Å². The summed E-state index contributed by atoms with van der Waals surface area (Å²) in [6.07, 6.45) is 2.90. The highest BCUT2D eigenvalue weighted by Gasteiger charge is 2.22. The second-order valence-electron chi connectivity index (χ2n) is 2.60. The predicted molar refractivity (Wildman–Crippen MR) is 36.4 cm³/mol. The van der Waals surface area contributed by atoms with E-state index in [2.05, 4.69) is 14.8 Å². The lowest BCUT2D eigenvalue weighted by Crippen LogP contribution is -2.10. The molecule has 1 aliphatic rings. The molecule has 0 fully saturated rings. The van der Waals surface area contributed by atoms with Crippen LogP contribution in [0.15, 0.2) is 6.33 Å². The fraction of sp³-hybridized carbons (Fsp3) is 0.667. The van der Waals surface area contributed by atoms with Crippen LogP contribution in [0.5, 0.6) is 0 Å². The SMILES string of the molecule is NC[C@H]1CCn2cnnc21. The second kappa shape index (κ2) is 2.05. The number of aryl methyl sites for hydroxylation is 1. The Morgan fingerprint density at radius 3 is 3.50 bits per heavy atom. The van der Waals surface area contributed by atoms with Gasteiger partial charge < -0.3 is 10.3 Å². The zero-order valence-corrected chi connectivity index (χ0v) is 5.70. The minimum atomic E-state index is 0.447. The van der Waals surface area contributed by atoms with E-state index >= 15 is 0 Å². The quantitative estimate of drug-likeness (QED) is 0.581. The molecule has 0 saturated carbocycles. The number of fused-ring (bicyclic) bond motifs is 1. The lowest BCUT2D eigenvalue weighted by Gasteiger charge is -1.99. The summed E-state index contributed by atoms with van der Waals surface area (Å²) < 4.78 is 2.07. The van der Waals surface area contributed by atoms with Gasteiger partial charge in [0.15, 0.2) is 0 Å². The van der Waals surface area contributed by atoms with E-state index in [0.29, 0.717) is 12.5 Å². The maximum Gasteiger partial charge on any atom is 0.137 e. The summed E-state index contributed by atoms with van der Waals surface area (Å²) in [5, 5.41) is 7.78. The highest BCUT2D eigenvalue weighted by molar-refractivity contribution is 5.01. The van der Waals surface area contributed by atoms with Crippen molar-refractivity contribution in [3.8, 4) is 0 Å². The minimum absolute atomic E-state index is 0.447. The molecule has 54 valence electrons. The molecule has 2 heterocycles. The van der Waals surface area contributed by atoms with Crippen LogP contribution in [0.4, 0.5) is 0 Å². The fourth-order valence-electron chi connectivity index (χ4n) is 1.40. The monoisotopic (exact) mass is 138 g/mol. The molecular formula is C6H10N4. The van der Waals surface area contributed by atoms with Crippen molar-refractivity contribution in [3.05, 3.63) is 12.2 Å². The maximum absolute atomic E-state index is 5.53. The van der Waals surface area contributed by atoms with Gasteiger partial charge in [-0.25, -0.2) is 0 Å². The lowest BCUT2D eigenvalue weighted by molar-refractivity contribution is 0.651. The average molecular weight is 138 g/mol. The summed E-state index contributed by atoms with van der Waals surface area (Å²) in [6, 6.07) is 0. The number of nitrogens with two attached hydrogens (primary N) is 1. The molecule has 0 unspecified atom stereocenters. The molecule has 1 atom stereocenters. The fourth-order valence-corrected chi connectivity index (χ4v) is 1.40. The highest BCUT2D eigenvalue weighted by Crippen LogP contribution is 2.23. The van der Waals surface area contributed by atoms with Gasteiger partial charge in [0.2, 0.25) is 0 Å². The second-order valence-corrected chi connectivity index (χ2v) is 2.60. The van der Waals surface area contributed by atoms with Gasteiger partial charge >= 0.3 is 0 Å². The normalized spacial score (nSPS) is 23.1. The first-order valence-electron chi connectivity index (χ1n) is 3.49. The first-order valence-corrected chi connectivity index (χ1v) is 3.49. The van der Waals surface area contributed by atoms with E-state index in [1.165, 1.54) is 0 Å². The van der Waals surface area contributed by atoms with Crippen molar-refractivity contribution in [1.82, 2.24) is 14.8 Å². The summed E-state index contributed by atoms with van der Waals surface area (Å²) in [6.45, 7) is 1.73. The molecule has 0 aromatic carbocycles. The summed E-state index contributed by atoms with van der Waals surface area (Å²) in [5.41, 5.74) is 5.53. The molecule has 0 bridgehead atoms. The zero-order chi connectivity index (χ0) is 6.97. The van der Waals surface area contributed by atoms with Gasteiger partial charge in [-0.15, -0.1) is 10.2 Å². The number of hydrogen-bond acceptors (Lipinski definition) is 3. The molecule has 0 saturated heterocycles. The topological polar surface area (TPSA) is 56.7 Å². The Balaban J connectivity index is 2.34. The van der Waals surface area contributed by atoms with Crippen LogP contribution in [0.1, 0.15) is 18.2 Å². The van der Waals surface area contributed by atoms with Gasteiger partial charge in [0, 0.05) is 19.0 Å². The van der Waals surface area contributed by atoms with Crippen LogP contribution in [-0.4, -0.2) is 21.3 Å². The third-order valence-corrected chi connectivity index (χ3v) is 2.01.